The number of imide groups is 1. The van der Waals surface area contributed by atoms with Gasteiger partial charge in [0.15, 0.2) is 5.88 Å². The monoisotopic (exact) mass is 275 g/mol. The maximum Gasteiger partial charge on any atom is 0.269 e. The smallest absolute Gasteiger partial charge is 0.269 e. The fraction of sp³-hybridized carbons (Fsp3) is 0.167. The Bertz CT molecular complexity index is 694. The summed E-state index contributed by atoms with van der Waals surface area (Å²) >= 11 is 0. The normalized spacial score (nSPS) is 20.7. The first-order valence-corrected chi connectivity index (χ1v) is 5.77. The van der Waals surface area contributed by atoms with Crippen molar-refractivity contribution in [1.29, 1.82) is 0 Å². The van der Waals surface area contributed by atoms with Gasteiger partial charge < -0.3 is 10.5 Å². The molecule has 1 aromatic rings. The largest absolute Gasteiger partial charge is 0.441 e. The number of hydrogen-bond donors (Lipinski definition) is 2. The minimum absolute atomic E-state index is 0.000693. The number of non-ortho nitro benzene ring substituents is 1. The Hall–Kier alpha value is -2.90. The Kier molecular flexibility index (Phi) is 2.46. The first kappa shape index (κ1) is 12.2. The molecule has 0 saturated carbocycles. The third-order valence-corrected chi connectivity index (χ3v) is 3.30. The number of nitro benzene ring substituents is 1. The third kappa shape index (κ3) is 1.69. The molecule has 2 heterocycles. The predicted molar refractivity (Wildman–Crippen MR) is 65.4 cm³/mol. The van der Waals surface area contributed by atoms with Gasteiger partial charge in [0.2, 0.25) is 5.91 Å². The number of nitrogens with zero attached hydrogens (tertiary/aromatic N) is 1. The lowest BCUT2D eigenvalue weighted by molar-refractivity contribution is -0.385. The summed E-state index contributed by atoms with van der Waals surface area (Å²) in [7, 11) is 0. The van der Waals surface area contributed by atoms with Crippen LogP contribution < -0.4 is 15.8 Å². The van der Waals surface area contributed by atoms with Crippen molar-refractivity contribution in [2.45, 2.75) is 12.3 Å². The van der Waals surface area contributed by atoms with Crippen molar-refractivity contribution in [3.8, 4) is 5.75 Å². The lowest BCUT2D eigenvalue weighted by Gasteiger charge is -2.30. The number of carbonyl (C=O) groups is 2. The van der Waals surface area contributed by atoms with E-state index in [1.54, 1.807) is 0 Å². The van der Waals surface area contributed by atoms with Crippen LogP contribution in [0, 0.1) is 10.1 Å². The van der Waals surface area contributed by atoms with Gasteiger partial charge in [-0.05, 0) is 6.07 Å². The number of amides is 2. The molecule has 1 saturated heterocycles. The minimum Gasteiger partial charge on any atom is -0.441 e. The zero-order valence-corrected chi connectivity index (χ0v) is 10.1. The summed E-state index contributed by atoms with van der Waals surface area (Å²) in [5, 5.41) is 13.0. The SMILES string of the molecule is NC1=C2C(=O)NC(=O)CC2c2cc([N+](=O)[O-])ccc2O1. The van der Waals surface area contributed by atoms with E-state index in [9.17, 15) is 19.7 Å². The summed E-state index contributed by atoms with van der Waals surface area (Å²) in [5.74, 6) is -1.44. The van der Waals surface area contributed by atoms with Gasteiger partial charge in [-0.15, -0.1) is 0 Å². The van der Waals surface area contributed by atoms with E-state index in [-0.39, 0.29) is 23.6 Å². The van der Waals surface area contributed by atoms with E-state index in [2.05, 4.69) is 5.32 Å². The highest BCUT2D eigenvalue weighted by Gasteiger charge is 2.39. The van der Waals surface area contributed by atoms with Crippen molar-refractivity contribution >= 4 is 17.5 Å². The number of nitro groups is 1. The molecule has 1 aromatic carbocycles. The summed E-state index contributed by atoms with van der Waals surface area (Å²) in [4.78, 5) is 33.6. The molecule has 0 spiro atoms. The number of nitrogens with one attached hydrogen (secondary N) is 1. The molecule has 20 heavy (non-hydrogen) atoms. The van der Waals surface area contributed by atoms with Crippen LogP contribution in [0.1, 0.15) is 17.9 Å². The Labute approximate surface area is 112 Å². The molecule has 102 valence electrons. The van der Waals surface area contributed by atoms with Gasteiger partial charge >= 0.3 is 0 Å². The van der Waals surface area contributed by atoms with Crippen molar-refractivity contribution in [2.75, 3.05) is 0 Å². The molecule has 2 aliphatic heterocycles. The van der Waals surface area contributed by atoms with Crippen LogP contribution >= 0.6 is 0 Å². The maximum absolute atomic E-state index is 11.8. The van der Waals surface area contributed by atoms with Gasteiger partial charge in [0, 0.05) is 30.0 Å². The zero-order valence-electron chi connectivity index (χ0n) is 10.1. The Morgan fingerprint density at radius 2 is 2.15 bits per heavy atom. The van der Waals surface area contributed by atoms with E-state index >= 15 is 0 Å². The maximum atomic E-state index is 11.8. The van der Waals surface area contributed by atoms with E-state index in [0.29, 0.717) is 11.3 Å². The molecule has 1 atom stereocenters. The Morgan fingerprint density at radius 1 is 1.40 bits per heavy atom. The molecule has 0 aliphatic carbocycles. The number of nitrogens with two attached hydrogens (primary N) is 1. The highest BCUT2D eigenvalue weighted by molar-refractivity contribution is 6.09. The molecule has 1 unspecified atom stereocenters. The lowest BCUT2D eigenvalue weighted by atomic mass is 9.83. The van der Waals surface area contributed by atoms with Gasteiger partial charge in [0.1, 0.15) is 5.75 Å². The van der Waals surface area contributed by atoms with Crippen molar-refractivity contribution in [3.05, 3.63) is 45.3 Å². The number of rotatable bonds is 1. The molecule has 0 aromatic heterocycles. The summed E-state index contributed by atoms with van der Waals surface area (Å²) in [6, 6.07) is 3.99. The summed E-state index contributed by atoms with van der Waals surface area (Å²) in [5.41, 5.74) is 6.12. The molecule has 8 nitrogen and oxygen atoms in total. The average molecular weight is 275 g/mol. The second-order valence-electron chi connectivity index (χ2n) is 4.49. The van der Waals surface area contributed by atoms with Gasteiger partial charge in [0.25, 0.3) is 11.6 Å². The summed E-state index contributed by atoms with van der Waals surface area (Å²) in [6.45, 7) is 0. The van der Waals surface area contributed by atoms with Crippen LogP contribution in [-0.2, 0) is 9.59 Å². The molecule has 3 N–H and O–H groups in total. The molecule has 2 aliphatic rings. The van der Waals surface area contributed by atoms with Crippen molar-refractivity contribution in [2.24, 2.45) is 5.73 Å². The van der Waals surface area contributed by atoms with E-state index in [4.69, 9.17) is 10.5 Å². The first-order valence-electron chi connectivity index (χ1n) is 5.77. The van der Waals surface area contributed by atoms with Gasteiger partial charge in [-0.25, -0.2) is 0 Å². The molecular weight excluding hydrogens is 266 g/mol. The van der Waals surface area contributed by atoms with Gasteiger partial charge in [-0.2, -0.15) is 0 Å². The number of carbonyl (C=O) groups excluding carboxylic acids is 2. The average Bonchev–Trinajstić information content (AvgIpc) is 2.37. The second kappa shape index (κ2) is 4.05. The predicted octanol–water partition coefficient (Wildman–Crippen LogP) is 0.288. The number of hydrogen-bond acceptors (Lipinski definition) is 6. The lowest BCUT2D eigenvalue weighted by Crippen LogP contribution is -2.43. The minimum atomic E-state index is -0.624. The number of fused-ring (bicyclic) bond motifs is 3. The zero-order chi connectivity index (χ0) is 14.4. The molecule has 1 fully saturated rings. The van der Waals surface area contributed by atoms with Crippen LogP contribution in [-0.4, -0.2) is 16.7 Å². The van der Waals surface area contributed by atoms with Crippen molar-refractivity contribution in [1.82, 2.24) is 5.32 Å². The number of ether oxygens (including phenoxy) is 1. The van der Waals surface area contributed by atoms with Gasteiger partial charge in [-0.3, -0.25) is 25.0 Å². The van der Waals surface area contributed by atoms with E-state index in [1.807, 2.05) is 0 Å². The topological polar surface area (TPSA) is 125 Å². The molecule has 8 heteroatoms. The number of benzene rings is 1. The van der Waals surface area contributed by atoms with Crippen molar-refractivity contribution in [3.63, 3.8) is 0 Å². The Morgan fingerprint density at radius 3 is 2.85 bits per heavy atom. The first-order chi connectivity index (χ1) is 9.47. The number of piperidine rings is 1. The summed E-state index contributed by atoms with van der Waals surface area (Å²) in [6.07, 6.45) is -0.000693. The highest BCUT2D eigenvalue weighted by Crippen LogP contribution is 2.42. The van der Waals surface area contributed by atoms with E-state index < -0.39 is 22.7 Å². The molecule has 2 amide bonds. The highest BCUT2D eigenvalue weighted by atomic mass is 16.6. The second-order valence-corrected chi connectivity index (χ2v) is 4.49. The Balaban J connectivity index is 2.15. The quantitative estimate of drug-likeness (QED) is 0.431. The van der Waals surface area contributed by atoms with Crippen LogP contribution in [0.5, 0.6) is 5.75 Å². The fourth-order valence-corrected chi connectivity index (χ4v) is 2.43. The third-order valence-electron chi connectivity index (χ3n) is 3.30. The van der Waals surface area contributed by atoms with Gasteiger partial charge in [0.05, 0.1) is 10.5 Å². The van der Waals surface area contributed by atoms with E-state index in [1.165, 1.54) is 18.2 Å². The fourth-order valence-electron chi connectivity index (χ4n) is 2.43. The van der Waals surface area contributed by atoms with Gasteiger partial charge in [-0.1, -0.05) is 0 Å². The van der Waals surface area contributed by atoms with Crippen LogP contribution in [0.25, 0.3) is 0 Å². The van der Waals surface area contributed by atoms with Crippen LogP contribution in [0.3, 0.4) is 0 Å². The van der Waals surface area contributed by atoms with E-state index in [0.717, 1.165) is 0 Å². The molecule has 0 bridgehead atoms. The van der Waals surface area contributed by atoms with Crippen LogP contribution in [0.15, 0.2) is 29.7 Å². The molecule has 3 rings (SSSR count). The van der Waals surface area contributed by atoms with Crippen LogP contribution in [0.2, 0.25) is 0 Å². The summed E-state index contributed by atoms with van der Waals surface area (Å²) < 4.78 is 5.30. The standard InChI is InChI=1S/C12H9N3O5/c13-11-10-7(4-9(16)14-12(10)17)6-3-5(15(18)19)1-2-8(6)20-11/h1-3,7H,4,13H2,(H,14,16,17). The van der Waals surface area contributed by atoms with Crippen molar-refractivity contribution < 1.29 is 19.2 Å². The molecular formula is C12H9N3O5. The molecule has 0 radical (unpaired) electrons. The van der Waals surface area contributed by atoms with Crippen LogP contribution in [0.4, 0.5) is 5.69 Å².